The van der Waals surface area contributed by atoms with E-state index in [1.54, 1.807) is 6.92 Å². The summed E-state index contributed by atoms with van der Waals surface area (Å²) in [5.74, 6) is 0.262. The molecule has 0 aromatic rings. The molecule has 2 heteroatoms. The summed E-state index contributed by atoms with van der Waals surface area (Å²) in [6, 6.07) is 0. The number of epoxide rings is 1. The summed E-state index contributed by atoms with van der Waals surface area (Å²) in [5, 5.41) is 0. The Labute approximate surface area is 55.2 Å². The van der Waals surface area contributed by atoms with Crippen molar-refractivity contribution in [1.29, 1.82) is 0 Å². The maximum absolute atomic E-state index is 10.4. The third kappa shape index (κ3) is 2.14. The van der Waals surface area contributed by atoms with Gasteiger partial charge in [0.1, 0.15) is 5.78 Å². The summed E-state index contributed by atoms with van der Waals surface area (Å²) >= 11 is 0. The molecule has 1 rings (SSSR count). The summed E-state index contributed by atoms with van der Waals surface area (Å²) in [4.78, 5) is 10.4. The Hall–Kier alpha value is -0.370. The van der Waals surface area contributed by atoms with Gasteiger partial charge in [-0.1, -0.05) is 0 Å². The van der Waals surface area contributed by atoms with Crippen LogP contribution < -0.4 is 0 Å². The van der Waals surface area contributed by atoms with Gasteiger partial charge in [-0.05, 0) is 20.3 Å². The number of ether oxygens (including phenoxy) is 1. The van der Waals surface area contributed by atoms with E-state index in [1.165, 1.54) is 0 Å². The fourth-order valence-corrected chi connectivity index (χ4v) is 0.879. The first-order chi connectivity index (χ1) is 4.20. The van der Waals surface area contributed by atoms with E-state index in [2.05, 4.69) is 0 Å². The summed E-state index contributed by atoms with van der Waals surface area (Å²) in [7, 11) is 0. The van der Waals surface area contributed by atoms with Gasteiger partial charge in [-0.2, -0.15) is 0 Å². The predicted octanol–water partition coefficient (Wildman–Crippen LogP) is 1.14. The highest BCUT2D eigenvalue weighted by Gasteiger charge is 2.33. The maximum atomic E-state index is 10.4. The molecule has 0 aromatic heterocycles. The van der Waals surface area contributed by atoms with Crippen molar-refractivity contribution in [2.24, 2.45) is 0 Å². The maximum Gasteiger partial charge on any atom is 0.129 e. The molecule has 0 N–H and O–H groups in total. The van der Waals surface area contributed by atoms with E-state index in [9.17, 15) is 4.79 Å². The van der Waals surface area contributed by atoms with E-state index in [4.69, 9.17) is 4.74 Å². The van der Waals surface area contributed by atoms with Crippen molar-refractivity contribution in [3.05, 3.63) is 0 Å². The molecule has 2 unspecified atom stereocenters. The lowest BCUT2D eigenvalue weighted by Gasteiger charge is -1.87. The molecule has 0 saturated carbocycles. The molecule has 52 valence electrons. The van der Waals surface area contributed by atoms with Crippen LogP contribution in [0.5, 0.6) is 0 Å². The second-order valence-electron chi connectivity index (χ2n) is 2.62. The van der Waals surface area contributed by atoms with Crippen molar-refractivity contribution in [2.45, 2.75) is 38.9 Å². The highest BCUT2D eigenvalue weighted by Crippen LogP contribution is 2.25. The van der Waals surface area contributed by atoms with Crippen molar-refractivity contribution in [3.63, 3.8) is 0 Å². The van der Waals surface area contributed by atoms with Gasteiger partial charge in [0.2, 0.25) is 0 Å². The smallest absolute Gasteiger partial charge is 0.129 e. The number of hydrogen-bond acceptors (Lipinski definition) is 2. The molecular formula is C7H12O2. The Balaban J connectivity index is 2.00. The Morgan fingerprint density at radius 3 is 2.56 bits per heavy atom. The van der Waals surface area contributed by atoms with E-state index in [0.717, 1.165) is 6.42 Å². The molecule has 1 fully saturated rings. The lowest BCUT2D eigenvalue weighted by Crippen LogP contribution is -1.95. The molecule has 1 aliphatic rings. The van der Waals surface area contributed by atoms with Crippen LogP contribution in [-0.4, -0.2) is 18.0 Å². The van der Waals surface area contributed by atoms with Gasteiger partial charge in [-0.15, -0.1) is 0 Å². The highest BCUT2D eigenvalue weighted by atomic mass is 16.6. The molecule has 0 aliphatic carbocycles. The van der Waals surface area contributed by atoms with Crippen molar-refractivity contribution >= 4 is 5.78 Å². The fourth-order valence-electron chi connectivity index (χ4n) is 0.879. The minimum absolute atomic E-state index is 0.262. The van der Waals surface area contributed by atoms with Crippen LogP contribution >= 0.6 is 0 Å². The highest BCUT2D eigenvalue weighted by molar-refractivity contribution is 5.75. The first kappa shape index (κ1) is 6.75. The summed E-state index contributed by atoms with van der Waals surface area (Å²) in [5.41, 5.74) is 0. The van der Waals surface area contributed by atoms with E-state index in [0.29, 0.717) is 18.6 Å². The lowest BCUT2D eigenvalue weighted by molar-refractivity contribution is -0.117. The van der Waals surface area contributed by atoms with Crippen LogP contribution in [0.3, 0.4) is 0 Å². The number of ketones is 1. The molecular weight excluding hydrogens is 116 g/mol. The Kier molecular flexibility index (Phi) is 1.86. The SMILES string of the molecule is CC(=O)CCC1OC1C. The number of carbonyl (C=O) groups excluding carboxylic acids is 1. The predicted molar refractivity (Wildman–Crippen MR) is 34.2 cm³/mol. The molecule has 0 spiro atoms. The third-order valence-electron chi connectivity index (χ3n) is 1.62. The van der Waals surface area contributed by atoms with E-state index in [-0.39, 0.29) is 5.78 Å². The Morgan fingerprint density at radius 2 is 2.22 bits per heavy atom. The van der Waals surface area contributed by atoms with Crippen LogP contribution in [0.2, 0.25) is 0 Å². The van der Waals surface area contributed by atoms with Crippen molar-refractivity contribution in [1.82, 2.24) is 0 Å². The molecule has 0 bridgehead atoms. The van der Waals surface area contributed by atoms with E-state index >= 15 is 0 Å². The molecule has 1 heterocycles. The topological polar surface area (TPSA) is 29.6 Å². The first-order valence-corrected chi connectivity index (χ1v) is 3.35. The van der Waals surface area contributed by atoms with Crippen molar-refractivity contribution in [3.8, 4) is 0 Å². The minimum atomic E-state index is 0.262. The minimum Gasteiger partial charge on any atom is -0.370 e. The second kappa shape index (κ2) is 2.48. The summed E-state index contributed by atoms with van der Waals surface area (Å²) in [6.07, 6.45) is 2.38. The zero-order valence-corrected chi connectivity index (χ0v) is 5.89. The van der Waals surface area contributed by atoms with Crippen LogP contribution in [0.4, 0.5) is 0 Å². The Morgan fingerprint density at radius 1 is 1.67 bits per heavy atom. The van der Waals surface area contributed by atoms with E-state index < -0.39 is 0 Å². The van der Waals surface area contributed by atoms with E-state index in [1.807, 2.05) is 6.92 Å². The third-order valence-corrected chi connectivity index (χ3v) is 1.62. The molecule has 0 aromatic carbocycles. The van der Waals surface area contributed by atoms with Crippen LogP contribution in [0, 0.1) is 0 Å². The molecule has 1 aliphatic heterocycles. The largest absolute Gasteiger partial charge is 0.370 e. The van der Waals surface area contributed by atoms with Crippen LogP contribution in [0.25, 0.3) is 0 Å². The van der Waals surface area contributed by atoms with Gasteiger partial charge in [-0.3, -0.25) is 0 Å². The average Bonchev–Trinajstić information content (AvgIpc) is 2.42. The zero-order valence-electron chi connectivity index (χ0n) is 5.89. The summed E-state index contributed by atoms with van der Waals surface area (Å²) < 4.78 is 5.12. The molecule has 2 nitrogen and oxygen atoms in total. The van der Waals surface area contributed by atoms with Gasteiger partial charge < -0.3 is 9.53 Å². The van der Waals surface area contributed by atoms with Gasteiger partial charge in [0.15, 0.2) is 0 Å². The van der Waals surface area contributed by atoms with Crippen LogP contribution in [-0.2, 0) is 9.53 Å². The standard InChI is InChI=1S/C7H12O2/c1-5(8)3-4-7-6(2)9-7/h6-7H,3-4H2,1-2H3. The van der Waals surface area contributed by atoms with Gasteiger partial charge >= 0.3 is 0 Å². The number of Topliss-reactive ketones (excluding diaryl/α,β-unsaturated/α-hetero) is 1. The van der Waals surface area contributed by atoms with Crippen LogP contribution in [0.1, 0.15) is 26.7 Å². The fraction of sp³-hybridized carbons (Fsp3) is 0.857. The van der Waals surface area contributed by atoms with Crippen LogP contribution in [0.15, 0.2) is 0 Å². The molecule has 2 atom stereocenters. The van der Waals surface area contributed by atoms with Gasteiger partial charge in [0, 0.05) is 6.42 Å². The average molecular weight is 128 g/mol. The van der Waals surface area contributed by atoms with Gasteiger partial charge in [0.05, 0.1) is 12.2 Å². The number of hydrogen-bond donors (Lipinski definition) is 0. The molecule has 1 saturated heterocycles. The Bertz CT molecular complexity index is 120. The quantitative estimate of drug-likeness (QED) is 0.533. The molecule has 0 amide bonds. The van der Waals surface area contributed by atoms with Gasteiger partial charge in [0.25, 0.3) is 0 Å². The second-order valence-corrected chi connectivity index (χ2v) is 2.62. The van der Waals surface area contributed by atoms with Crippen molar-refractivity contribution < 1.29 is 9.53 Å². The van der Waals surface area contributed by atoms with Gasteiger partial charge in [-0.25, -0.2) is 0 Å². The zero-order chi connectivity index (χ0) is 6.85. The normalized spacial score (nSPS) is 32.2. The number of rotatable bonds is 3. The number of carbonyl (C=O) groups is 1. The first-order valence-electron chi connectivity index (χ1n) is 3.35. The monoisotopic (exact) mass is 128 g/mol. The molecule has 9 heavy (non-hydrogen) atoms. The summed E-state index contributed by atoms with van der Waals surface area (Å²) in [6.45, 7) is 3.65. The lowest BCUT2D eigenvalue weighted by atomic mass is 10.2. The molecule has 0 radical (unpaired) electrons. The van der Waals surface area contributed by atoms with Crippen molar-refractivity contribution in [2.75, 3.05) is 0 Å².